The minimum atomic E-state index is -0.515. The van der Waals surface area contributed by atoms with Crippen molar-refractivity contribution < 1.29 is 19.1 Å². The average molecular weight is 366 g/mol. The first-order valence-corrected chi connectivity index (χ1v) is 8.78. The van der Waals surface area contributed by atoms with Gasteiger partial charge in [-0.2, -0.15) is 0 Å². The number of nitrogens with one attached hydrogen (secondary N) is 1. The molecular formula is C21H22N2O4. The maximum atomic E-state index is 12.6. The highest BCUT2D eigenvalue weighted by molar-refractivity contribution is 6.04. The molecule has 0 saturated heterocycles. The van der Waals surface area contributed by atoms with E-state index in [0.717, 1.165) is 11.1 Å². The van der Waals surface area contributed by atoms with Crippen molar-refractivity contribution in [3.8, 4) is 0 Å². The van der Waals surface area contributed by atoms with E-state index >= 15 is 0 Å². The third-order valence-electron chi connectivity index (χ3n) is 4.75. The summed E-state index contributed by atoms with van der Waals surface area (Å²) in [6.07, 6.45) is 0.500. The Labute approximate surface area is 158 Å². The zero-order valence-corrected chi connectivity index (χ0v) is 15.4. The normalized spacial score (nSPS) is 16.3. The molecule has 6 heteroatoms. The minimum Gasteiger partial charge on any atom is -0.468 e. The molecule has 1 N–H and O–H groups in total. The molecule has 140 valence electrons. The Morgan fingerprint density at radius 3 is 2.44 bits per heavy atom. The van der Waals surface area contributed by atoms with Crippen LogP contribution >= 0.6 is 0 Å². The first-order chi connectivity index (χ1) is 13.0. The fraction of sp³-hybridized carbons (Fsp3) is 0.286. The number of ketones is 1. The third-order valence-corrected chi connectivity index (χ3v) is 4.75. The molecule has 0 fully saturated rings. The molecule has 0 aromatic heterocycles. The van der Waals surface area contributed by atoms with Crippen molar-refractivity contribution in [3.63, 3.8) is 0 Å². The number of esters is 1. The summed E-state index contributed by atoms with van der Waals surface area (Å²) in [5.41, 5.74) is 3.11. The standard InChI is InChI=1S/C21H22N2O4/c1-14(24)17-9-5-6-10-18(17)22-20(25)13-23-12-16-8-4-3-7-15(16)11-19(23)21(26)27-2/h3-10,19H,11-13H2,1-2H3,(H,22,25)/t19-/m0/s1. The molecule has 0 aliphatic carbocycles. The molecule has 0 bridgehead atoms. The Kier molecular flexibility index (Phi) is 5.66. The van der Waals surface area contributed by atoms with Crippen LogP contribution in [0.3, 0.4) is 0 Å². The Hall–Kier alpha value is -2.99. The van der Waals surface area contributed by atoms with Crippen molar-refractivity contribution in [3.05, 3.63) is 65.2 Å². The predicted octanol–water partition coefficient (Wildman–Crippen LogP) is 2.43. The van der Waals surface area contributed by atoms with Crippen LogP contribution in [0.4, 0.5) is 5.69 Å². The lowest BCUT2D eigenvalue weighted by Crippen LogP contribution is -2.49. The summed E-state index contributed by atoms with van der Waals surface area (Å²) < 4.78 is 4.93. The molecule has 1 atom stereocenters. The van der Waals surface area contributed by atoms with Crippen LogP contribution in [0.1, 0.15) is 28.4 Å². The molecule has 0 radical (unpaired) electrons. The molecule has 1 heterocycles. The average Bonchev–Trinajstić information content (AvgIpc) is 2.67. The van der Waals surface area contributed by atoms with E-state index in [2.05, 4.69) is 5.32 Å². The Bertz CT molecular complexity index is 878. The van der Waals surface area contributed by atoms with Gasteiger partial charge in [-0.05, 0) is 36.6 Å². The molecule has 1 aliphatic heterocycles. The second-order valence-electron chi connectivity index (χ2n) is 6.57. The molecule has 27 heavy (non-hydrogen) atoms. The number of ether oxygens (including phenoxy) is 1. The topological polar surface area (TPSA) is 75.7 Å². The number of anilines is 1. The van der Waals surface area contributed by atoms with Gasteiger partial charge in [0.05, 0.1) is 19.3 Å². The summed E-state index contributed by atoms with van der Waals surface area (Å²) in [6, 6.07) is 14.2. The molecule has 6 nitrogen and oxygen atoms in total. The molecule has 2 aromatic rings. The molecule has 2 aromatic carbocycles. The summed E-state index contributed by atoms with van der Waals surface area (Å²) in [5, 5.41) is 2.79. The molecule has 3 rings (SSSR count). The van der Waals surface area contributed by atoms with Crippen LogP contribution in [0.15, 0.2) is 48.5 Å². The monoisotopic (exact) mass is 366 g/mol. The Morgan fingerprint density at radius 2 is 1.74 bits per heavy atom. The number of hydrogen-bond donors (Lipinski definition) is 1. The van der Waals surface area contributed by atoms with Gasteiger partial charge in [0.1, 0.15) is 6.04 Å². The summed E-state index contributed by atoms with van der Waals surface area (Å²) in [5.74, 6) is -0.760. The number of para-hydroxylation sites is 1. The van der Waals surface area contributed by atoms with Gasteiger partial charge in [0, 0.05) is 12.1 Å². The van der Waals surface area contributed by atoms with Crippen molar-refractivity contribution >= 4 is 23.3 Å². The van der Waals surface area contributed by atoms with Crippen LogP contribution in [0.2, 0.25) is 0 Å². The van der Waals surface area contributed by atoms with Gasteiger partial charge in [-0.1, -0.05) is 36.4 Å². The Morgan fingerprint density at radius 1 is 1.07 bits per heavy atom. The van der Waals surface area contributed by atoms with Crippen LogP contribution in [0.5, 0.6) is 0 Å². The minimum absolute atomic E-state index is 0.0281. The number of carbonyl (C=O) groups excluding carboxylic acids is 3. The maximum Gasteiger partial charge on any atom is 0.323 e. The van der Waals surface area contributed by atoms with E-state index in [1.165, 1.54) is 14.0 Å². The third kappa shape index (κ3) is 4.23. The van der Waals surface area contributed by atoms with E-state index in [9.17, 15) is 14.4 Å². The number of fused-ring (bicyclic) bond motifs is 1. The van der Waals surface area contributed by atoms with Gasteiger partial charge in [0.2, 0.25) is 5.91 Å². The quantitative estimate of drug-likeness (QED) is 0.650. The van der Waals surface area contributed by atoms with Crippen LogP contribution < -0.4 is 5.32 Å². The first-order valence-electron chi connectivity index (χ1n) is 8.78. The molecular weight excluding hydrogens is 344 g/mol. The summed E-state index contributed by atoms with van der Waals surface area (Å²) in [7, 11) is 1.35. The second-order valence-corrected chi connectivity index (χ2v) is 6.57. The number of Topliss-reactive ketones (excluding diaryl/α,β-unsaturated/α-hetero) is 1. The van der Waals surface area contributed by atoms with Gasteiger partial charge in [-0.15, -0.1) is 0 Å². The van der Waals surface area contributed by atoms with E-state index < -0.39 is 6.04 Å². The Balaban J connectivity index is 1.77. The van der Waals surface area contributed by atoms with Crippen LogP contribution in [0.25, 0.3) is 0 Å². The van der Waals surface area contributed by atoms with E-state index in [4.69, 9.17) is 4.74 Å². The van der Waals surface area contributed by atoms with E-state index in [0.29, 0.717) is 24.2 Å². The van der Waals surface area contributed by atoms with Crippen LogP contribution in [-0.2, 0) is 27.3 Å². The SMILES string of the molecule is COC(=O)[C@@H]1Cc2ccccc2CN1CC(=O)Nc1ccccc1C(C)=O. The number of methoxy groups -OCH3 is 1. The van der Waals surface area contributed by atoms with E-state index in [1.54, 1.807) is 29.2 Å². The lowest BCUT2D eigenvalue weighted by atomic mass is 9.94. The van der Waals surface area contributed by atoms with Gasteiger partial charge < -0.3 is 10.1 Å². The zero-order valence-electron chi connectivity index (χ0n) is 15.4. The molecule has 1 amide bonds. The molecule has 1 aliphatic rings. The van der Waals surface area contributed by atoms with E-state index in [1.807, 2.05) is 24.3 Å². The lowest BCUT2D eigenvalue weighted by Gasteiger charge is -2.34. The summed E-state index contributed by atoms with van der Waals surface area (Å²) in [6.45, 7) is 1.97. The molecule has 0 spiro atoms. The lowest BCUT2D eigenvalue weighted by molar-refractivity contribution is -0.148. The van der Waals surface area contributed by atoms with Gasteiger partial charge in [-0.25, -0.2) is 0 Å². The number of carbonyl (C=O) groups is 3. The van der Waals surface area contributed by atoms with Gasteiger partial charge in [-0.3, -0.25) is 19.3 Å². The number of benzene rings is 2. The smallest absolute Gasteiger partial charge is 0.323 e. The van der Waals surface area contributed by atoms with Crippen molar-refractivity contribution in [1.82, 2.24) is 4.90 Å². The first kappa shape index (κ1) is 18.8. The molecule has 0 unspecified atom stereocenters. The van der Waals surface area contributed by atoms with Crippen molar-refractivity contribution in [2.45, 2.75) is 25.9 Å². The van der Waals surface area contributed by atoms with Crippen molar-refractivity contribution in [1.29, 1.82) is 0 Å². The van der Waals surface area contributed by atoms with Crippen molar-refractivity contribution in [2.24, 2.45) is 0 Å². The molecule has 0 saturated carbocycles. The van der Waals surface area contributed by atoms with Gasteiger partial charge >= 0.3 is 5.97 Å². The number of rotatable bonds is 5. The number of amides is 1. The summed E-state index contributed by atoms with van der Waals surface area (Å²) >= 11 is 0. The fourth-order valence-electron chi connectivity index (χ4n) is 3.39. The van der Waals surface area contributed by atoms with E-state index in [-0.39, 0.29) is 24.2 Å². The highest BCUT2D eigenvalue weighted by Crippen LogP contribution is 2.24. The largest absolute Gasteiger partial charge is 0.468 e. The second kappa shape index (κ2) is 8.14. The van der Waals surface area contributed by atoms with Gasteiger partial charge in [0.15, 0.2) is 5.78 Å². The fourth-order valence-corrected chi connectivity index (χ4v) is 3.39. The van der Waals surface area contributed by atoms with Crippen molar-refractivity contribution in [2.75, 3.05) is 19.0 Å². The predicted molar refractivity (Wildman–Crippen MR) is 101 cm³/mol. The van der Waals surface area contributed by atoms with Gasteiger partial charge in [0.25, 0.3) is 0 Å². The highest BCUT2D eigenvalue weighted by Gasteiger charge is 2.33. The number of hydrogen-bond acceptors (Lipinski definition) is 5. The number of nitrogens with zero attached hydrogens (tertiary/aromatic N) is 1. The zero-order chi connectivity index (χ0) is 19.4. The van der Waals surface area contributed by atoms with Crippen LogP contribution in [0, 0.1) is 0 Å². The summed E-state index contributed by atoms with van der Waals surface area (Å²) in [4.78, 5) is 38.4. The highest BCUT2D eigenvalue weighted by atomic mass is 16.5. The van der Waals surface area contributed by atoms with Crippen LogP contribution in [-0.4, -0.2) is 42.3 Å². The maximum absolute atomic E-state index is 12.6.